The van der Waals surface area contributed by atoms with Gasteiger partial charge >= 0.3 is 0 Å². The Balaban J connectivity index is 1.16. The molecule has 6 heteroatoms. The van der Waals surface area contributed by atoms with Crippen molar-refractivity contribution in [2.24, 2.45) is 0 Å². The highest BCUT2D eigenvalue weighted by Crippen LogP contribution is 2.46. The topological polar surface area (TPSA) is 67.3 Å². The smallest absolute Gasteiger partial charge is 0.104 e. The van der Waals surface area contributed by atoms with Crippen LogP contribution in [-0.4, -0.2) is 18.3 Å². The highest BCUT2D eigenvalue weighted by atomic mass is 15.0. The Kier molecular flexibility index (Phi) is 8.01. The van der Waals surface area contributed by atoms with Crippen molar-refractivity contribution in [3.63, 3.8) is 0 Å². The molecular formula is C62H36N6. The molecule has 4 heterocycles. The lowest BCUT2D eigenvalue weighted by atomic mass is 9.96. The molecule has 0 fully saturated rings. The second-order valence-corrected chi connectivity index (χ2v) is 17.5. The Bertz CT molecular complexity index is 4260. The summed E-state index contributed by atoms with van der Waals surface area (Å²) in [6.45, 7) is 0. The van der Waals surface area contributed by atoms with E-state index in [-0.39, 0.29) is 0 Å². The van der Waals surface area contributed by atoms with Crippen LogP contribution in [0.25, 0.3) is 121 Å². The fraction of sp³-hybridized carbons (Fsp3) is 0. The van der Waals surface area contributed by atoms with Gasteiger partial charge < -0.3 is 18.3 Å². The van der Waals surface area contributed by atoms with E-state index in [4.69, 9.17) is 0 Å². The highest BCUT2D eigenvalue weighted by molar-refractivity contribution is 6.28. The van der Waals surface area contributed by atoms with Gasteiger partial charge in [-0.05, 0) is 90.0 Å². The molecule has 10 aromatic carbocycles. The maximum atomic E-state index is 11.8. The number of fused-ring (bicyclic) bond motifs is 14. The van der Waals surface area contributed by atoms with Crippen molar-refractivity contribution < 1.29 is 0 Å². The fourth-order valence-corrected chi connectivity index (χ4v) is 11.3. The van der Waals surface area contributed by atoms with Crippen molar-refractivity contribution >= 4 is 87.2 Å². The summed E-state index contributed by atoms with van der Waals surface area (Å²) >= 11 is 0. The summed E-state index contributed by atoms with van der Waals surface area (Å²) in [6, 6.07) is 81.6. The summed E-state index contributed by atoms with van der Waals surface area (Å²) in [4.78, 5) is 0. The number of hydrogen-bond donors (Lipinski definition) is 0. The first-order valence-electron chi connectivity index (χ1n) is 22.8. The van der Waals surface area contributed by atoms with Crippen molar-refractivity contribution in [3.05, 3.63) is 230 Å². The average molecular weight is 865 g/mol. The molecule has 0 aliphatic heterocycles. The first kappa shape index (κ1) is 37.7. The predicted octanol–water partition coefficient (Wildman–Crippen LogP) is 15.5. The summed E-state index contributed by atoms with van der Waals surface area (Å²) in [6.07, 6.45) is 0. The van der Waals surface area contributed by atoms with E-state index in [2.05, 4.69) is 225 Å². The summed E-state index contributed by atoms with van der Waals surface area (Å²) in [5.74, 6) is 0. The average Bonchev–Trinajstić information content (AvgIpc) is 4.13. The zero-order valence-corrected chi connectivity index (χ0v) is 36.5. The van der Waals surface area contributed by atoms with Crippen LogP contribution in [0.4, 0.5) is 0 Å². The Morgan fingerprint density at radius 3 is 1.16 bits per heavy atom. The van der Waals surface area contributed by atoms with Gasteiger partial charge in [0.1, 0.15) is 11.6 Å². The molecule has 14 aromatic rings. The van der Waals surface area contributed by atoms with Crippen molar-refractivity contribution in [2.75, 3.05) is 0 Å². The van der Waals surface area contributed by atoms with Crippen molar-refractivity contribution in [3.8, 4) is 46.0 Å². The maximum absolute atomic E-state index is 11.8. The van der Waals surface area contributed by atoms with Gasteiger partial charge in [0.05, 0.1) is 67.1 Å². The number of benzene rings is 10. The molecule has 0 spiro atoms. The van der Waals surface area contributed by atoms with Crippen molar-refractivity contribution in [1.82, 2.24) is 18.3 Å². The largest absolute Gasteiger partial charge is 0.309 e. The summed E-state index contributed by atoms with van der Waals surface area (Å²) in [5.41, 5.74) is 14.7. The number of rotatable bonds is 5. The summed E-state index contributed by atoms with van der Waals surface area (Å²) in [5, 5.41) is 31.4. The zero-order valence-electron chi connectivity index (χ0n) is 36.5. The molecular weight excluding hydrogens is 829 g/mol. The number of hydrogen-bond acceptors (Lipinski definition) is 2. The number of para-hydroxylation sites is 6. The lowest BCUT2D eigenvalue weighted by Gasteiger charge is -2.19. The van der Waals surface area contributed by atoms with Crippen LogP contribution in [0.5, 0.6) is 0 Å². The van der Waals surface area contributed by atoms with Gasteiger partial charge in [-0.2, -0.15) is 10.5 Å². The molecule has 4 aromatic heterocycles. The van der Waals surface area contributed by atoms with E-state index in [0.717, 1.165) is 110 Å². The van der Waals surface area contributed by atoms with E-state index in [0.29, 0.717) is 11.1 Å². The SMILES string of the molecule is N#Cc1ccccc1-c1cc(-n2c3ccccc3c3c2ccc2c4ccccc4n(-c4ccccc4)c23)c(C#N)c(-n2c3ccccc3c3c2ccc2c4ccccc4n(-c4ccccc4)c23)c1. The molecule has 0 N–H and O–H groups in total. The van der Waals surface area contributed by atoms with Crippen LogP contribution >= 0.6 is 0 Å². The van der Waals surface area contributed by atoms with Gasteiger partial charge in [-0.25, -0.2) is 0 Å². The van der Waals surface area contributed by atoms with Crippen LogP contribution in [0.1, 0.15) is 11.1 Å². The van der Waals surface area contributed by atoms with Crippen LogP contribution in [-0.2, 0) is 0 Å². The Hall–Kier alpha value is -9.62. The Morgan fingerprint density at radius 2 is 0.706 bits per heavy atom. The third-order valence-electron chi connectivity index (χ3n) is 14.0. The molecule has 0 unspecified atom stereocenters. The number of nitrogens with zero attached hydrogens (tertiary/aromatic N) is 6. The quantitative estimate of drug-likeness (QED) is 0.173. The fourth-order valence-electron chi connectivity index (χ4n) is 11.3. The highest BCUT2D eigenvalue weighted by Gasteiger charge is 2.27. The minimum atomic E-state index is 0.515. The molecule has 0 saturated carbocycles. The molecule has 6 nitrogen and oxygen atoms in total. The van der Waals surface area contributed by atoms with E-state index in [1.165, 1.54) is 10.8 Å². The van der Waals surface area contributed by atoms with Crippen molar-refractivity contribution in [2.45, 2.75) is 0 Å². The van der Waals surface area contributed by atoms with Crippen LogP contribution in [0.15, 0.2) is 218 Å². The molecule has 0 aliphatic carbocycles. The molecule has 68 heavy (non-hydrogen) atoms. The maximum Gasteiger partial charge on any atom is 0.104 e. The predicted molar refractivity (Wildman–Crippen MR) is 279 cm³/mol. The normalized spacial score (nSPS) is 11.8. The van der Waals surface area contributed by atoms with Crippen LogP contribution in [0, 0.1) is 22.7 Å². The number of nitriles is 2. The molecule has 0 saturated heterocycles. The van der Waals surface area contributed by atoms with E-state index >= 15 is 0 Å². The standard InChI is InChI=1S/C62H36N6/c63-37-39-17-7-8-22-43(39)40-35-57(67-53-29-15-11-25-48(53)59-55(67)33-31-46-44-23-9-13-27-51(44)65(61(46)59)41-18-3-1-4-19-41)50(38-64)58(36-40)68-54-30-16-12-26-49(54)60-56(68)34-32-47-45-24-10-14-28-52(45)66(62(47)60)42-20-5-2-6-21-42/h1-36H. The Morgan fingerprint density at radius 1 is 0.309 bits per heavy atom. The lowest BCUT2D eigenvalue weighted by molar-refractivity contribution is 1.12. The third-order valence-corrected chi connectivity index (χ3v) is 14.0. The molecule has 0 bridgehead atoms. The third kappa shape index (κ3) is 5.14. The van der Waals surface area contributed by atoms with E-state index in [9.17, 15) is 10.5 Å². The summed E-state index contributed by atoms with van der Waals surface area (Å²) in [7, 11) is 0. The van der Waals surface area contributed by atoms with Gasteiger partial charge in [0, 0.05) is 54.5 Å². The molecule has 0 aliphatic rings. The monoisotopic (exact) mass is 864 g/mol. The van der Waals surface area contributed by atoms with E-state index < -0.39 is 0 Å². The van der Waals surface area contributed by atoms with Crippen LogP contribution in [0.3, 0.4) is 0 Å². The van der Waals surface area contributed by atoms with Crippen LogP contribution in [0.2, 0.25) is 0 Å². The molecule has 314 valence electrons. The molecule has 14 rings (SSSR count). The van der Waals surface area contributed by atoms with Crippen molar-refractivity contribution in [1.29, 1.82) is 10.5 Å². The summed E-state index contributed by atoms with van der Waals surface area (Å²) < 4.78 is 9.31. The Labute approximate surface area is 389 Å². The minimum Gasteiger partial charge on any atom is -0.309 e. The zero-order chi connectivity index (χ0) is 45.0. The van der Waals surface area contributed by atoms with Gasteiger partial charge in [0.15, 0.2) is 0 Å². The van der Waals surface area contributed by atoms with E-state index in [1.807, 2.05) is 24.3 Å². The minimum absolute atomic E-state index is 0.515. The van der Waals surface area contributed by atoms with E-state index in [1.54, 1.807) is 0 Å². The van der Waals surface area contributed by atoms with Gasteiger partial charge in [-0.1, -0.05) is 140 Å². The van der Waals surface area contributed by atoms with Gasteiger partial charge in [-0.3, -0.25) is 0 Å². The molecule has 0 amide bonds. The second-order valence-electron chi connectivity index (χ2n) is 17.5. The van der Waals surface area contributed by atoms with Gasteiger partial charge in [0.2, 0.25) is 0 Å². The number of aromatic nitrogens is 4. The second kappa shape index (κ2) is 14.4. The first-order valence-corrected chi connectivity index (χ1v) is 22.8. The van der Waals surface area contributed by atoms with Crippen LogP contribution < -0.4 is 0 Å². The first-order chi connectivity index (χ1) is 33.7. The lowest BCUT2D eigenvalue weighted by Crippen LogP contribution is -2.05. The molecule has 0 atom stereocenters. The molecule has 0 radical (unpaired) electrons. The van der Waals surface area contributed by atoms with Gasteiger partial charge in [0.25, 0.3) is 0 Å². The van der Waals surface area contributed by atoms with Gasteiger partial charge in [-0.15, -0.1) is 0 Å².